The maximum absolute atomic E-state index is 6.09. The van der Waals surface area contributed by atoms with Gasteiger partial charge in [0, 0.05) is 29.4 Å². The zero-order valence-electron chi connectivity index (χ0n) is 11.6. The highest BCUT2D eigenvalue weighted by Gasteiger charge is 1.99. The van der Waals surface area contributed by atoms with Crippen LogP contribution in [0.5, 0.6) is 0 Å². The monoisotopic (exact) mass is 435 g/mol. The topological polar surface area (TPSA) is 50.4 Å². The highest BCUT2D eigenvalue weighted by atomic mass is 127. The van der Waals surface area contributed by atoms with E-state index in [-0.39, 0.29) is 24.0 Å². The van der Waals surface area contributed by atoms with Crippen molar-refractivity contribution in [2.75, 3.05) is 13.1 Å². The van der Waals surface area contributed by atoms with Gasteiger partial charge in [0.05, 0.1) is 0 Å². The van der Waals surface area contributed by atoms with Gasteiger partial charge in [-0.1, -0.05) is 35.9 Å². The Morgan fingerprint density at radius 2 is 2.00 bits per heavy atom. The fourth-order valence-corrected chi connectivity index (χ4v) is 2.75. The van der Waals surface area contributed by atoms with E-state index >= 15 is 0 Å². The summed E-state index contributed by atoms with van der Waals surface area (Å²) < 4.78 is 0. The highest BCUT2D eigenvalue weighted by Crippen LogP contribution is 2.14. The van der Waals surface area contributed by atoms with Crippen LogP contribution in [-0.4, -0.2) is 19.0 Å². The lowest BCUT2D eigenvalue weighted by Crippen LogP contribution is -2.33. The Kier molecular flexibility index (Phi) is 8.72. The first-order chi connectivity index (χ1) is 9.75. The number of hydrogen-bond acceptors (Lipinski definition) is 2. The van der Waals surface area contributed by atoms with Gasteiger partial charge in [0.25, 0.3) is 0 Å². The second kappa shape index (κ2) is 10.0. The zero-order valence-corrected chi connectivity index (χ0v) is 15.5. The molecule has 0 radical (unpaired) electrons. The van der Waals surface area contributed by atoms with Crippen LogP contribution in [0.4, 0.5) is 0 Å². The van der Waals surface area contributed by atoms with E-state index in [1.54, 1.807) is 11.3 Å². The van der Waals surface area contributed by atoms with Crippen molar-refractivity contribution in [3.05, 3.63) is 57.2 Å². The predicted molar refractivity (Wildman–Crippen MR) is 103 cm³/mol. The Morgan fingerprint density at radius 1 is 1.19 bits per heavy atom. The van der Waals surface area contributed by atoms with Crippen LogP contribution >= 0.6 is 46.9 Å². The average molecular weight is 436 g/mol. The van der Waals surface area contributed by atoms with Crippen LogP contribution in [0.3, 0.4) is 0 Å². The van der Waals surface area contributed by atoms with E-state index < -0.39 is 0 Å². The van der Waals surface area contributed by atoms with Gasteiger partial charge in [-0.2, -0.15) is 0 Å². The Bertz CT molecular complexity index is 558. The van der Waals surface area contributed by atoms with Crippen LogP contribution < -0.4 is 11.1 Å². The smallest absolute Gasteiger partial charge is 0.188 e. The number of guanidine groups is 1. The SMILES string of the molecule is I.NC(=NCCc1cccs1)NCCc1ccccc1Cl. The number of benzene rings is 1. The third-order valence-corrected chi connectivity index (χ3v) is 4.18. The standard InChI is InChI=1S/C15H18ClN3S.HI/c16-14-6-2-1-4-12(14)7-9-18-15(17)19-10-8-13-5-3-11-20-13;/h1-6,11H,7-10H2,(H3,17,18,19);1H. The van der Waals surface area contributed by atoms with Gasteiger partial charge >= 0.3 is 0 Å². The molecule has 0 bridgehead atoms. The van der Waals surface area contributed by atoms with Gasteiger partial charge < -0.3 is 11.1 Å². The lowest BCUT2D eigenvalue weighted by Gasteiger charge is -2.06. The van der Waals surface area contributed by atoms with E-state index in [9.17, 15) is 0 Å². The summed E-state index contributed by atoms with van der Waals surface area (Å²) in [6, 6.07) is 12.0. The van der Waals surface area contributed by atoms with Gasteiger partial charge in [0.2, 0.25) is 0 Å². The number of nitrogens with zero attached hydrogens (tertiary/aromatic N) is 1. The van der Waals surface area contributed by atoms with Gasteiger partial charge in [-0.05, 0) is 29.5 Å². The Labute approximate surface area is 151 Å². The molecule has 2 rings (SSSR count). The molecule has 0 saturated carbocycles. The normalized spacial score (nSPS) is 11.0. The van der Waals surface area contributed by atoms with Gasteiger partial charge in [0.1, 0.15) is 0 Å². The Hall–Kier alpha value is -0.790. The van der Waals surface area contributed by atoms with E-state index in [4.69, 9.17) is 17.3 Å². The molecule has 0 amide bonds. The van der Waals surface area contributed by atoms with E-state index in [0.717, 1.165) is 30.0 Å². The fraction of sp³-hybridized carbons (Fsp3) is 0.267. The molecule has 0 atom stereocenters. The molecule has 0 saturated heterocycles. The quantitative estimate of drug-likeness (QED) is 0.413. The second-order valence-electron chi connectivity index (χ2n) is 4.36. The number of hydrogen-bond donors (Lipinski definition) is 2. The van der Waals surface area contributed by atoms with E-state index in [2.05, 4.69) is 27.8 Å². The van der Waals surface area contributed by atoms with Crippen molar-refractivity contribution in [3.63, 3.8) is 0 Å². The summed E-state index contributed by atoms with van der Waals surface area (Å²) in [4.78, 5) is 5.64. The van der Waals surface area contributed by atoms with Crippen molar-refractivity contribution in [3.8, 4) is 0 Å². The lowest BCUT2D eigenvalue weighted by molar-refractivity contribution is 0.845. The molecule has 0 spiro atoms. The van der Waals surface area contributed by atoms with E-state index in [0.29, 0.717) is 12.5 Å². The minimum atomic E-state index is 0. The molecule has 6 heteroatoms. The van der Waals surface area contributed by atoms with E-state index in [1.807, 2.05) is 24.3 Å². The Balaban J connectivity index is 0.00000220. The largest absolute Gasteiger partial charge is 0.370 e. The molecule has 3 nitrogen and oxygen atoms in total. The summed E-state index contributed by atoms with van der Waals surface area (Å²) in [5, 5.41) is 5.98. The summed E-state index contributed by atoms with van der Waals surface area (Å²) in [6.07, 6.45) is 1.77. The number of nitrogens with two attached hydrogens (primary N) is 1. The molecule has 21 heavy (non-hydrogen) atoms. The summed E-state index contributed by atoms with van der Waals surface area (Å²) >= 11 is 7.84. The van der Waals surface area contributed by atoms with Gasteiger partial charge in [-0.3, -0.25) is 4.99 Å². The summed E-state index contributed by atoms with van der Waals surface area (Å²) in [7, 11) is 0. The minimum Gasteiger partial charge on any atom is -0.370 e. The van der Waals surface area contributed by atoms with Crippen LogP contribution in [0.25, 0.3) is 0 Å². The predicted octanol–water partition coefficient (Wildman–Crippen LogP) is 3.71. The van der Waals surface area contributed by atoms with Crippen LogP contribution in [0.2, 0.25) is 5.02 Å². The van der Waals surface area contributed by atoms with Crippen LogP contribution in [0, 0.1) is 0 Å². The molecule has 1 aromatic carbocycles. The molecule has 0 unspecified atom stereocenters. The second-order valence-corrected chi connectivity index (χ2v) is 5.80. The van der Waals surface area contributed by atoms with Gasteiger partial charge in [-0.15, -0.1) is 35.3 Å². The third kappa shape index (κ3) is 6.67. The number of aliphatic imine (C=N–C) groups is 1. The van der Waals surface area contributed by atoms with Crippen molar-refractivity contribution in [2.45, 2.75) is 12.8 Å². The van der Waals surface area contributed by atoms with Crippen molar-refractivity contribution in [1.82, 2.24) is 5.32 Å². The third-order valence-electron chi connectivity index (χ3n) is 2.88. The average Bonchev–Trinajstić information content (AvgIpc) is 2.94. The Morgan fingerprint density at radius 3 is 2.71 bits per heavy atom. The van der Waals surface area contributed by atoms with Gasteiger partial charge in [-0.25, -0.2) is 0 Å². The number of halogens is 2. The fourth-order valence-electron chi connectivity index (χ4n) is 1.82. The van der Waals surface area contributed by atoms with Crippen LogP contribution in [-0.2, 0) is 12.8 Å². The molecule has 0 fully saturated rings. The van der Waals surface area contributed by atoms with E-state index in [1.165, 1.54) is 4.88 Å². The molecule has 0 aliphatic heterocycles. The maximum atomic E-state index is 6.09. The molecule has 2 aromatic rings. The summed E-state index contributed by atoms with van der Waals surface area (Å²) in [5.74, 6) is 0.494. The highest BCUT2D eigenvalue weighted by molar-refractivity contribution is 14.0. The van der Waals surface area contributed by atoms with Crippen LogP contribution in [0.1, 0.15) is 10.4 Å². The molecule has 0 aliphatic carbocycles. The number of thiophene rings is 1. The molecule has 1 aromatic heterocycles. The maximum Gasteiger partial charge on any atom is 0.188 e. The van der Waals surface area contributed by atoms with Crippen molar-refractivity contribution < 1.29 is 0 Å². The van der Waals surface area contributed by atoms with Crippen LogP contribution in [0.15, 0.2) is 46.8 Å². The molecule has 3 N–H and O–H groups in total. The molecular weight excluding hydrogens is 417 g/mol. The molecular formula is C15H19ClIN3S. The first kappa shape index (κ1) is 18.3. The lowest BCUT2D eigenvalue weighted by atomic mass is 10.1. The summed E-state index contributed by atoms with van der Waals surface area (Å²) in [5.41, 5.74) is 6.94. The first-order valence-electron chi connectivity index (χ1n) is 6.55. The minimum absolute atomic E-state index is 0. The molecule has 0 aliphatic rings. The summed E-state index contributed by atoms with van der Waals surface area (Å²) in [6.45, 7) is 1.45. The van der Waals surface area contributed by atoms with Crippen molar-refractivity contribution in [1.29, 1.82) is 0 Å². The van der Waals surface area contributed by atoms with Gasteiger partial charge in [0.15, 0.2) is 5.96 Å². The number of rotatable bonds is 6. The first-order valence-corrected chi connectivity index (χ1v) is 7.81. The number of nitrogens with one attached hydrogen (secondary N) is 1. The van der Waals surface area contributed by atoms with Crippen molar-refractivity contribution >= 4 is 52.9 Å². The molecule has 114 valence electrons. The van der Waals surface area contributed by atoms with Crippen molar-refractivity contribution in [2.24, 2.45) is 10.7 Å². The zero-order chi connectivity index (χ0) is 14.2. The molecule has 1 heterocycles.